The molecule has 0 aliphatic carbocycles. The molecule has 0 aliphatic heterocycles. The topological polar surface area (TPSA) is 85.9 Å². The van der Waals surface area contributed by atoms with Crippen LogP contribution < -0.4 is 5.73 Å². The number of nitrogens with two attached hydrogens (primary N) is 1. The first-order valence-electron chi connectivity index (χ1n) is 4.01. The van der Waals surface area contributed by atoms with Gasteiger partial charge in [-0.05, 0) is 13.8 Å². The van der Waals surface area contributed by atoms with Gasteiger partial charge in [0, 0.05) is 12.8 Å². The van der Waals surface area contributed by atoms with E-state index in [1.807, 2.05) is 0 Å². The summed E-state index contributed by atoms with van der Waals surface area (Å²) in [5.41, 5.74) is 5.37. The van der Waals surface area contributed by atoms with Crippen LogP contribution in [0.25, 0.3) is 0 Å². The minimum absolute atomic E-state index is 0.289. The summed E-state index contributed by atoms with van der Waals surface area (Å²) < 4.78 is 21.9. The minimum atomic E-state index is -3.18. The van der Waals surface area contributed by atoms with E-state index in [0.29, 0.717) is 10.0 Å². The van der Waals surface area contributed by atoms with Gasteiger partial charge in [-0.15, -0.1) is 10.2 Å². The Morgan fingerprint density at radius 3 is 2.36 bits per heavy atom. The van der Waals surface area contributed by atoms with Gasteiger partial charge in [0.25, 0.3) is 0 Å². The summed E-state index contributed by atoms with van der Waals surface area (Å²) in [7, 11) is -3.18. The van der Waals surface area contributed by atoms with E-state index < -0.39 is 14.6 Å². The molecule has 0 aromatic carbocycles. The smallest absolute Gasteiger partial charge is 0.159 e. The summed E-state index contributed by atoms with van der Waals surface area (Å²) in [4.78, 5) is 0. The van der Waals surface area contributed by atoms with E-state index in [-0.39, 0.29) is 6.54 Å². The van der Waals surface area contributed by atoms with Crippen molar-refractivity contribution >= 4 is 21.2 Å². The van der Waals surface area contributed by atoms with Crippen molar-refractivity contribution in [1.82, 2.24) is 10.2 Å². The molecule has 1 rings (SSSR count). The molecule has 1 aromatic rings. The maximum Gasteiger partial charge on any atom is 0.159 e. The average Bonchev–Trinajstić information content (AvgIpc) is 2.49. The van der Waals surface area contributed by atoms with Crippen LogP contribution >= 0.6 is 11.3 Å². The molecule has 0 saturated carbocycles. The molecule has 0 fully saturated rings. The molecule has 14 heavy (non-hydrogen) atoms. The standard InChI is InChI=1S/C7H13N3O2S2/c1-7(2,14(3,11)12)6-10-9-5(4-8)13-6/h4,8H2,1-3H3. The van der Waals surface area contributed by atoms with Gasteiger partial charge in [-0.3, -0.25) is 0 Å². The Labute approximate surface area is 87.3 Å². The van der Waals surface area contributed by atoms with Crippen LogP contribution in [0.3, 0.4) is 0 Å². The highest BCUT2D eigenvalue weighted by molar-refractivity contribution is 7.91. The Hall–Kier alpha value is -0.530. The predicted molar refractivity (Wildman–Crippen MR) is 55.7 cm³/mol. The van der Waals surface area contributed by atoms with Crippen LogP contribution in [0.1, 0.15) is 23.9 Å². The van der Waals surface area contributed by atoms with Crippen LogP contribution in [0.15, 0.2) is 0 Å². The number of hydrogen-bond acceptors (Lipinski definition) is 6. The second-order valence-electron chi connectivity index (χ2n) is 3.49. The van der Waals surface area contributed by atoms with Crippen molar-refractivity contribution < 1.29 is 8.42 Å². The first-order chi connectivity index (χ1) is 6.29. The Bertz CT molecular complexity index is 422. The molecular formula is C7H13N3O2S2. The molecule has 0 saturated heterocycles. The van der Waals surface area contributed by atoms with Gasteiger partial charge in [-0.1, -0.05) is 11.3 Å². The number of hydrogen-bond donors (Lipinski definition) is 1. The normalized spacial score (nSPS) is 13.1. The molecule has 1 aromatic heterocycles. The molecule has 0 radical (unpaired) electrons. The fraction of sp³-hybridized carbons (Fsp3) is 0.714. The molecule has 1 heterocycles. The molecule has 0 atom stereocenters. The van der Waals surface area contributed by atoms with Crippen LogP contribution in [-0.4, -0.2) is 24.9 Å². The Kier molecular flexibility index (Phi) is 2.93. The lowest BCUT2D eigenvalue weighted by molar-refractivity contribution is 0.558. The van der Waals surface area contributed by atoms with Crippen molar-refractivity contribution in [1.29, 1.82) is 0 Å². The monoisotopic (exact) mass is 235 g/mol. The van der Waals surface area contributed by atoms with E-state index in [9.17, 15) is 8.42 Å². The molecule has 0 unspecified atom stereocenters. The van der Waals surface area contributed by atoms with Gasteiger partial charge in [-0.2, -0.15) is 0 Å². The molecule has 0 bridgehead atoms. The summed E-state index contributed by atoms with van der Waals surface area (Å²) in [6.07, 6.45) is 1.19. The van der Waals surface area contributed by atoms with Gasteiger partial charge >= 0.3 is 0 Å². The second-order valence-corrected chi connectivity index (χ2v) is 7.11. The number of aromatic nitrogens is 2. The average molecular weight is 235 g/mol. The lowest BCUT2D eigenvalue weighted by atomic mass is 10.2. The van der Waals surface area contributed by atoms with Crippen molar-refractivity contribution in [2.45, 2.75) is 25.1 Å². The Morgan fingerprint density at radius 1 is 1.43 bits per heavy atom. The molecule has 2 N–H and O–H groups in total. The van der Waals surface area contributed by atoms with E-state index in [1.165, 1.54) is 17.6 Å². The molecule has 7 heteroatoms. The van der Waals surface area contributed by atoms with Gasteiger partial charge in [0.15, 0.2) is 9.84 Å². The van der Waals surface area contributed by atoms with Crippen LogP contribution in [0.2, 0.25) is 0 Å². The summed E-state index contributed by atoms with van der Waals surface area (Å²) >= 11 is 1.24. The fourth-order valence-electron chi connectivity index (χ4n) is 0.738. The first kappa shape index (κ1) is 11.5. The van der Waals surface area contributed by atoms with E-state index in [2.05, 4.69) is 10.2 Å². The summed E-state index contributed by atoms with van der Waals surface area (Å²) in [6.45, 7) is 3.52. The third-order valence-electron chi connectivity index (χ3n) is 2.08. The van der Waals surface area contributed by atoms with E-state index in [0.717, 1.165) is 0 Å². The van der Waals surface area contributed by atoms with Crippen molar-refractivity contribution in [3.8, 4) is 0 Å². The van der Waals surface area contributed by atoms with Crippen molar-refractivity contribution in [3.63, 3.8) is 0 Å². The first-order valence-corrected chi connectivity index (χ1v) is 6.72. The zero-order chi connectivity index (χ0) is 11.0. The number of sulfone groups is 1. The zero-order valence-corrected chi connectivity index (χ0v) is 9.94. The molecular weight excluding hydrogens is 222 g/mol. The van der Waals surface area contributed by atoms with E-state index >= 15 is 0 Å². The highest BCUT2D eigenvalue weighted by Crippen LogP contribution is 2.30. The quantitative estimate of drug-likeness (QED) is 0.813. The van der Waals surface area contributed by atoms with Gasteiger partial charge in [-0.25, -0.2) is 8.42 Å². The molecule has 80 valence electrons. The van der Waals surface area contributed by atoms with Crippen LogP contribution in [0.5, 0.6) is 0 Å². The second kappa shape index (κ2) is 3.56. The van der Waals surface area contributed by atoms with Crippen LogP contribution in [0, 0.1) is 0 Å². The van der Waals surface area contributed by atoms with Gasteiger partial charge < -0.3 is 5.73 Å². The molecule has 0 amide bonds. The third-order valence-corrected chi connectivity index (χ3v) is 5.53. The SMILES string of the molecule is CC(C)(c1nnc(CN)s1)S(C)(=O)=O. The van der Waals surface area contributed by atoms with Crippen molar-refractivity contribution in [2.75, 3.05) is 6.26 Å². The maximum absolute atomic E-state index is 11.5. The summed E-state index contributed by atoms with van der Waals surface area (Å²) in [5, 5.41) is 8.76. The molecule has 0 spiro atoms. The third kappa shape index (κ3) is 1.94. The minimum Gasteiger partial charge on any atom is -0.324 e. The zero-order valence-electron chi connectivity index (χ0n) is 8.31. The van der Waals surface area contributed by atoms with E-state index in [1.54, 1.807) is 13.8 Å². The van der Waals surface area contributed by atoms with Crippen molar-refractivity contribution in [2.24, 2.45) is 5.73 Å². The lowest BCUT2D eigenvalue weighted by Gasteiger charge is -2.18. The highest BCUT2D eigenvalue weighted by atomic mass is 32.2. The maximum atomic E-state index is 11.5. The van der Waals surface area contributed by atoms with Gasteiger partial charge in [0.1, 0.15) is 14.8 Å². The fourth-order valence-corrected chi connectivity index (χ4v) is 2.39. The van der Waals surface area contributed by atoms with Gasteiger partial charge in [0.05, 0.1) is 0 Å². The number of nitrogens with zero attached hydrogens (tertiary/aromatic N) is 2. The van der Waals surface area contributed by atoms with E-state index in [4.69, 9.17) is 5.73 Å². The van der Waals surface area contributed by atoms with Crippen LogP contribution in [-0.2, 0) is 21.1 Å². The van der Waals surface area contributed by atoms with Gasteiger partial charge in [0.2, 0.25) is 0 Å². The molecule has 0 aliphatic rings. The largest absolute Gasteiger partial charge is 0.324 e. The Morgan fingerprint density at radius 2 is 2.00 bits per heavy atom. The Balaban J connectivity index is 3.17. The van der Waals surface area contributed by atoms with Crippen molar-refractivity contribution in [3.05, 3.63) is 10.0 Å². The molecule has 5 nitrogen and oxygen atoms in total. The van der Waals surface area contributed by atoms with Crippen LogP contribution in [0.4, 0.5) is 0 Å². The summed E-state index contributed by atoms with van der Waals surface area (Å²) in [5.74, 6) is 0. The summed E-state index contributed by atoms with van der Waals surface area (Å²) in [6, 6.07) is 0. The number of rotatable bonds is 3. The lowest BCUT2D eigenvalue weighted by Crippen LogP contribution is -2.27. The highest BCUT2D eigenvalue weighted by Gasteiger charge is 2.35. The predicted octanol–water partition coefficient (Wildman–Crippen LogP) is 0.277.